The Morgan fingerprint density at radius 3 is 2.75 bits per heavy atom. The third kappa shape index (κ3) is 4.64. The van der Waals surface area contributed by atoms with Crippen molar-refractivity contribution in [3.63, 3.8) is 0 Å². The monoisotopic (exact) mass is 283 g/mol. The van der Waals surface area contributed by atoms with Crippen LogP contribution in [-0.2, 0) is 9.39 Å². The Bertz CT molecular complexity index is 120. The molecule has 0 bridgehead atoms. The smallest absolute Gasteiger partial charge is 0.361 e. The number of halogens is 1. The summed E-state index contributed by atoms with van der Waals surface area (Å²) < 4.78 is 11.0. The summed E-state index contributed by atoms with van der Waals surface area (Å²) in [5.74, 6) is 0. The Morgan fingerprint density at radius 1 is 1.50 bits per heavy atom. The molecule has 0 atom stereocenters. The lowest BCUT2D eigenvalue weighted by atomic mass is 10.1. The van der Waals surface area contributed by atoms with E-state index in [1.807, 2.05) is 0 Å². The van der Waals surface area contributed by atoms with Crippen LogP contribution in [0.2, 0.25) is 6.82 Å². The van der Waals surface area contributed by atoms with Crippen LogP contribution in [0, 0.1) is 0 Å². The number of nitrogens with zero attached hydrogens (tertiary/aromatic N) is 1. The van der Waals surface area contributed by atoms with E-state index < -0.39 is 0 Å². The second-order valence-electron chi connectivity index (χ2n) is 2.87. The first-order chi connectivity index (χ1) is 5.79. The zero-order chi connectivity index (χ0) is 8.81. The van der Waals surface area contributed by atoms with Crippen LogP contribution in [-0.4, -0.2) is 49.1 Å². The molecule has 0 radical (unpaired) electrons. The Kier molecular flexibility index (Phi) is 5.54. The molecule has 70 valence electrons. The number of hydrogen-bond donors (Lipinski definition) is 0. The van der Waals surface area contributed by atoms with Crippen molar-refractivity contribution in [1.82, 2.24) is 4.90 Å². The van der Waals surface area contributed by atoms with Crippen LogP contribution in [0.1, 0.15) is 0 Å². The van der Waals surface area contributed by atoms with Crippen molar-refractivity contribution in [3.05, 3.63) is 0 Å². The van der Waals surface area contributed by atoms with Gasteiger partial charge in [0.05, 0.1) is 13.2 Å². The van der Waals surface area contributed by atoms with E-state index in [9.17, 15) is 0 Å². The molecule has 5 heteroatoms. The lowest BCUT2D eigenvalue weighted by Gasteiger charge is -2.26. The summed E-state index contributed by atoms with van der Waals surface area (Å²) in [4.78, 5) is 2.38. The lowest BCUT2D eigenvalue weighted by molar-refractivity contribution is 0.0324. The van der Waals surface area contributed by atoms with Crippen LogP contribution >= 0.6 is 22.4 Å². The molecule has 0 aliphatic carbocycles. The Morgan fingerprint density at radius 2 is 2.17 bits per heavy atom. The van der Waals surface area contributed by atoms with Gasteiger partial charge in [-0.3, -0.25) is 4.90 Å². The Balaban J connectivity index is 1.98. The summed E-state index contributed by atoms with van der Waals surface area (Å²) in [6.07, 6.45) is 0. The molecule has 0 aromatic heterocycles. The van der Waals surface area contributed by atoms with Gasteiger partial charge >= 0.3 is 4.77 Å². The van der Waals surface area contributed by atoms with E-state index in [0.29, 0.717) is 4.77 Å². The van der Waals surface area contributed by atoms with Gasteiger partial charge in [-0.2, -0.15) is 0 Å². The van der Waals surface area contributed by atoms with Crippen LogP contribution < -0.4 is 0 Å². The van der Waals surface area contributed by atoms with Crippen molar-refractivity contribution in [2.45, 2.75) is 6.82 Å². The molecule has 0 N–H and O–H groups in total. The molecule has 1 fully saturated rings. The van der Waals surface area contributed by atoms with Crippen LogP contribution in [0.3, 0.4) is 0 Å². The zero-order valence-electron chi connectivity index (χ0n) is 7.46. The van der Waals surface area contributed by atoms with Crippen molar-refractivity contribution in [2.75, 3.05) is 39.5 Å². The third-order valence-electron chi connectivity index (χ3n) is 1.86. The summed E-state index contributed by atoms with van der Waals surface area (Å²) >= 11 is 2.27. The van der Waals surface area contributed by atoms with Crippen molar-refractivity contribution in [2.24, 2.45) is 0 Å². The van der Waals surface area contributed by atoms with E-state index in [-0.39, 0.29) is 0 Å². The quantitative estimate of drug-likeness (QED) is 0.565. The summed E-state index contributed by atoms with van der Waals surface area (Å²) in [6.45, 7) is 7.79. The molecular weight excluding hydrogens is 268 g/mol. The van der Waals surface area contributed by atoms with Gasteiger partial charge in [0, 0.05) is 26.2 Å². The van der Waals surface area contributed by atoms with Gasteiger partial charge in [-0.05, 0) is 6.82 Å². The molecule has 1 aliphatic heterocycles. The van der Waals surface area contributed by atoms with Gasteiger partial charge in [0.25, 0.3) is 0 Å². The molecule has 0 spiro atoms. The minimum Gasteiger partial charge on any atom is -0.425 e. The second kappa shape index (κ2) is 6.18. The molecule has 3 nitrogen and oxygen atoms in total. The molecule has 0 amide bonds. The van der Waals surface area contributed by atoms with E-state index in [1.165, 1.54) is 0 Å². The highest BCUT2D eigenvalue weighted by Crippen LogP contribution is 1.98. The van der Waals surface area contributed by atoms with E-state index in [1.54, 1.807) is 0 Å². The maximum absolute atomic E-state index is 5.45. The Labute approximate surface area is 87.8 Å². The van der Waals surface area contributed by atoms with E-state index in [4.69, 9.17) is 9.39 Å². The fourth-order valence-electron chi connectivity index (χ4n) is 1.17. The van der Waals surface area contributed by atoms with Gasteiger partial charge < -0.3 is 9.39 Å². The van der Waals surface area contributed by atoms with E-state index >= 15 is 0 Å². The van der Waals surface area contributed by atoms with Gasteiger partial charge in [0.15, 0.2) is 0 Å². The normalized spacial score (nSPS) is 19.5. The third-order valence-corrected chi connectivity index (χ3v) is 2.22. The van der Waals surface area contributed by atoms with Crippen LogP contribution in [0.4, 0.5) is 0 Å². The SMILES string of the molecule is CB(I)OCCN1CCOCC1. The molecule has 0 saturated carbocycles. The summed E-state index contributed by atoms with van der Waals surface area (Å²) in [5, 5.41) is 0. The maximum Gasteiger partial charge on any atom is 0.361 e. The van der Waals surface area contributed by atoms with Crippen molar-refractivity contribution < 1.29 is 9.39 Å². The molecule has 0 aromatic carbocycles. The first-order valence-electron chi connectivity index (χ1n) is 4.35. The fraction of sp³-hybridized carbons (Fsp3) is 1.00. The standard InChI is InChI=1S/C7H15BINO2/c1-8(9)12-7-4-10-2-5-11-6-3-10/h2-7H2,1H3. The van der Waals surface area contributed by atoms with Gasteiger partial charge in [0.2, 0.25) is 0 Å². The predicted molar refractivity (Wildman–Crippen MR) is 58.8 cm³/mol. The fourth-order valence-corrected chi connectivity index (χ4v) is 1.42. The molecule has 0 unspecified atom stereocenters. The number of morpholine rings is 1. The van der Waals surface area contributed by atoms with Crippen LogP contribution in [0.25, 0.3) is 0 Å². The molecule has 0 aromatic rings. The molecule has 1 rings (SSSR count). The van der Waals surface area contributed by atoms with Crippen molar-refractivity contribution in [1.29, 1.82) is 0 Å². The maximum atomic E-state index is 5.45. The van der Waals surface area contributed by atoms with Gasteiger partial charge in [-0.15, -0.1) is 22.4 Å². The highest BCUT2D eigenvalue weighted by atomic mass is 127. The van der Waals surface area contributed by atoms with Gasteiger partial charge in [-0.25, -0.2) is 0 Å². The first kappa shape index (κ1) is 10.8. The largest absolute Gasteiger partial charge is 0.425 e. The topological polar surface area (TPSA) is 21.7 Å². The molecule has 1 saturated heterocycles. The highest BCUT2D eigenvalue weighted by molar-refractivity contribution is 14.1. The van der Waals surface area contributed by atoms with Crippen LogP contribution in [0.15, 0.2) is 0 Å². The van der Waals surface area contributed by atoms with Crippen LogP contribution in [0.5, 0.6) is 0 Å². The predicted octanol–water partition coefficient (Wildman–Crippen LogP) is 0.888. The number of hydrogen-bond acceptors (Lipinski definition) is 3. The Hall–Kier alpha value is 0.675. The van der Waals surface area contributed by atoms with E-state index in [2.05, 4.69) is 34.1 Å². The number of ether oxygens (including phenoxy) is 1. The summed E-state index contributed by atoms with van der Waals surface area (Å²) in [7, 11) is 0. The molecule has 1 aliphatic rings. The zero-order valence-corrected chi connectivity index (χ0v) is 9.62. The minimum atomic E-state index is 0.323. The molecular formula is C7H15BINO2. The summed E-state index contributed by atoms with van der Waals surface area (Å²) in [5.41, 5.74) is 0. The second-order valence-corrected chi connectivity index (χ2v) is 4.62. The highest BCUT2D eigenvalue weighted by Gasteiger charge is 2.10. The van der Waals surface area contributed by atoms with Gasteiger partial charge in [-0.1, -0.05) is 0 Å². The average molecular weight is 283 g/mol. The van der Waals surface area contributed by atoms with Gasteiger partial charge in [0.1, 0.15) is 0 Å². The van der Waals surface area contributed by atoms with Crippen molar-refractivity contribution >= 4 is 27.1 Å². The molecule has 1 heterocycles. The first-order valence-corrected chi connectivity index (χ1v) is 5.59. The van der Waals surface area contributed by atoms with Crippen molar-refractivity contribution in [3.8, 4) is 0 Å². The lowest BCUT2D eigenvalue weighted by Crippen LogP contribution is -2.38. The summed E-state index contributed by atoms with van der Waals surface area (Å²) in [6, 6.07) is 0. The average Bonchev–Trinajstić information content (AvgIpc) is 2.05. The van der Waals surface area contributed by atoms with E-state index in [0.717, 1.165) is 39.5 Å². The minimum absolute atomic E-state index is 0.323. The number of rotatable bonds is 4. The molecule has 12 heavy (non-hydrogen) atoms.